The molecular formula is C25H21N3O3S. The van der Waals surface area contributed by atoms with Crippen LogP contribution in [-0.2, 0) is 12.3 Å². The number of rotatable bonds is 6. The van der Waals surface area contributed by atoms with E-state index in [2.05, 4.69) is 33.8 Å². The minimum atomic E-state index is -0.352. The van der Waals surface area contributed by atoms with Crippen LogP contribution in [-0.4, -0.2) is 21.9 Å². The molecule has 0 atom stereocenters. The summed E-state index contributed by atoms with van der Waals surface area (Å²) in [6, 6.07) is 21.3. The monoisotopic (exact) mass is 443 g/mol. The van der Waals surface area contributed by atoms with E-state index in [0.29, 0.717) is 17.9 Å². The van der Waals surface area contributed by atoms with Crippen molar-refractivity contribution in [3.63, 3.8) is 0 Å². The average Bonchev–Trinajstić information content (AvgIpc) is 3.24. The summed E-state index contributed by atoms with van der Waals surface area (Å²) in [4.78, 5) is 12.2. The molecule has 0 fully saturated rings. The highest BCUT2D eigenvalue weighted by Crippen LogP contribution is 2.34. The van der Waals surface area contributed by atoms with E-state index in [9.17, 15) is 4.79 Å². The Labute approximate surface area is 188 Å². The lowest BCUT2D eigenvalue weighted by Crippen LogP contribution is -2.02. The molecule has 0 saturated carbocycles. The van der Waals surface area contributed by atoms with E-state index in [0.717, 1.165) is 44.0 Å². The molecule has 32 heavy (non-hydrogen) atoms. The van der Waals surface area contributed by atoms with Gasteiger partial charge in [0.2, 0.25) is 0 Å². The summed E-state index contributed by atoms with van der Waals surface area (Å²) in [6.07, 6.45) is 0. The van der Waals surface area contributed by atoms with Crippen LogP contribution in [0, 0.1) is 0 Å². The lowest BCUT2D eigenvalue weighted by molar-refractivity contribution is 0.416. The molecule has 160 valence electrons. The van der Waals surface area contributed by atoms with Crippen molar-refractivity contribution in [2.24, 2.45) is 0 Å². The fourth-order valence-electron chi connectivity index (χ4n) is 3.99. The fourth-order valence-corrected chi connectivity index (χ4v) is 4.97. The van der Waals surface area contributed by atoms with Crippen molar-refractivity contribution in [1.29, 1.82) is 0 Å². The van der Waals surface area contributed by atoms with Crippen molar-refractivity contribution in [2.45, 2.75) is 24.4 Å². The molecule has 0 bridgehead atoms. The smallest absolute Gasteiger partial charge is 0.336 e. The number of hydrogen-bond donors (Lipinski definition) is 0. The third-order valence-electron chi connectivity index (χ3n) is 5.45. The number of ether oxygens (including phenoxy) is 1. The van der Waals surface area contributed by atoms with Crippen molar-refractivity contribution in [3.8, 4) is 17.1 Å². The van der Waals surface area contributed by atoms with E-state index >= 15 is 0 Å². The molecule has 2 aromatic heterocycles. The van der Waals surface area contributed by atoms with Gasteiger partial charge >= 0.3 is 5.63 Å². The molecule has 0 aliphatic heterocycles. The number of para-hydroxylation sites is 1. The Balaban J connectivity index is 1.55. The maximum Gasteiger partial charge on any atom is 0.336 e. The summed E-state index contributed by atoms with van der Waals surface area (Å²) in [5.74, 6) is 2.08. The standard InChI is InChI=1S/C25H21N3O3S/c1-3-28-24(19-10-6-7-11-20(19)30-2)26-27-25(28)32-15-17-14-22(29)31-21-13-12-16-8-4-5-9-18(16)23(17)21/h4-14H,3,15H2,1-2H3. The number of thioether (sulfide) groups is 1. The van der Waals surface area contributed by atoms with Gasteiger partial charge in [-0.15, -0.1) is 10.2 Å². The van der Waals surface area contributed by atoms with Gasteiger partial charge in [-0.1, -0.05) is 54.2 Å². The SMILES string of the molecule is CCn1c(SCc2cc(=O)oc3ccc4ccccc4c23)nnc1-c1ccccc1OC. The quantitative estimate of drug-likeness (QED) is 0.195. The molecule has 5 aromatic rings. The highest BCUT2D eigenvalue weighted by Gasteiger charge is 2.17. The zero-order valence-corrected chi connectivity index (χ0v) is 18.6. The van der Waals surface area contributed by atoms with Crippen molar-refractivity contribution >= 4 is 33.5 Å². The number of fused-ring (bicyclic) bond motifs is 3. The molecule has 5 rings (SSSR count). The fraction of sp³-hybridized carbons (Fsp3) is 0.160. The summed E-state index contributed by atoms with van der Waals surface area (Å²) in [6.45, 7) is 2.77. The van der Waals surface area contributed by atoms with E-state index in [4.69, 9.17) is 9.15 Å². The Hall–Kier alpha value is -3.58. The van der Waals surface area contributed by atoms with Crippen molar-refractivity contribution in [1.82, 2.24) is 14.8 Å². The number of methoxy groups -OCH3 is 1. The van der Waals surface area contributed by atoms with Crippen LogP contribution in [0.25, 0.3) is 33.1 Å². The van der Waals surface area contributed by atoms with E-state index in [-0.39, 0.29) is 5.63 Å². The summed E-state index contributed by atoms with van der Waals surface area (Å²) < 4.78 is 13.1. The Morgan fingerprint density at radius 2 is 1.84 bits per heavy atom. The van der Waals surface area contributed by atoms with Crippen LogP contribution in [0.3, 0.4) is 0 Å². The summed E-state index contributed by atoms with van der Waals surface area (Å²) >= 11 is 1.55. The predicted octanol–water partition coefficient (Wildman–Crippen LogP) is 5.53. The second-order valence-corrected chi connectivity index (χ2v) is 8.23. The molecule has 2 heterocycles. The van der Waals surface area contributed by atoms with Crippen molar-refractivity contribution in [2.75, 3.05) is 7.11 Å². The van der Waals surface area contributed by atoms with Gasteiger partial charge in [0.1, 0.15) is 11.3 Å². The largest absolute Gasteiger partial charge is 0.496 e. The third-order valence-corrected chi connectivity index (χ3v) is 6.47. The zero-order chi connectivity index (χ0) is 22.1. The lowest BCUT2D eigenvalue weighted by atomic mass is 10.0. The van der Waals surface area contributed by atoms with Gasteiger partial charge < -0.3 is 13.7 Å². The van der Waals surface area contributed by atoms with Crippen molar-refractivity contribution < 1.29 is 9.15 Å². The number of nitrogens with zero attached hydrogens (tertiary/aromatic N) is 3. The molecule has 0 N–H and O–H groups in total. The second kappa shape index (κ2) is 8.51. The van der Waals surface area contributed by atoms with Crippen LogP contribution in [0.4, 0.5) is 0 Å². The van der Waals surface area contributed by atoms with Gasteiger partial charge in [0.25, 0.3) is 0 Å². The molecule has 3 aromatic carbocycles. The van der Waals surface area contributed by atoms with Crippen molar-refractivity contribution in [3.05, 3.63) is 82.7 Å². The first-order valence-corrected chi connectivity index (χ1v) is 11.3. The average molecular weight is 444 g/mol. The van der Waals surface area contributed by atoms with Crippen LogP contribution in [0.5, 0.6) is 5.75 Å². The second-order valence-electron chi connectivity index (χ2n) is 7.29. The van der Waals surface area contributed by atoms with Gasteiger partial charge in [-0.2, -0.15) is 0 Å². The van der Waals surface area contributed by atoms with Crippen LogP contribution < -0.4 is 10.4 Å². The molecule has 0 saturated heterocycles. The minimum Gasteiger partial charge on any atom is -0.496 e. The summed E-state index contributed by atoms with van der Waals surface area (Å²) in [7, 11) is 1.65. The van der Waals surface area contributed by atoms with E-state index in [1.165, 1.54) is 0 Å². The van der Waals surface area contributed by atoms with E-state index in [1.54, 1.807) is 24.9 Å². The van der Waals surface area contributed by atoms with Crippen LogP contribution in [0.1, 0.15) is 12.5 Å². The van der Waals surface area contributed by atoms with Crippen LogP contribution >= 0.6 is 11.8 Å². The first-order chi connectivity index (χ1) is 15.7. The minimum absolute atomic E-state index is 0.352. The Kier molecular flexibility index (Phi) is 5.41. The lowest BCUT2D eigenvalue weighted by Gasteiger charge is -2.11. The number of hydrogen-bond acceptors (Lipinski definition) is 6. The molecule has 0 radical (unpaired) electrons. The normalized spacial score (nSPS) is 11.3. The van der Waals surface area contributed by atoms with Gasteiger partial charge in [-0.05, 0) is 41.5 Å². The topological polar surface area (TPSA) is 70.2 Å². The van der Waals surface area contributed by atoms with E-state index in [1.807, 2.05) is 48.5 Å². The van der Waals surface area contributed by atoms with Gasteiger partial charge in [-0.25, -0.2) is 4.79 Å². The van der Waals surface area contributed by atoms with Crippen LogP contribution in [0.2, 0.25) is 0 Å². The summed E-state index contributed by atoms with van der Waals surface area (Å²) in [5.41, 5.74) is 2.06. The zero-order valence-electron chi connectivity index (χ0n) is 17.7. The molecule has 0 amide bonds. The highest BCUT2D eigenvalue weighted by molar-refractivity contribution is 7.98. The molecule has 0 aliphatic carbocycles. The Bertz CT molecular complexity index is 1490. The van der Waals surface area contributed by atoms with Gasteiger partial charge in [0.15, 0.2) is 11.0 Å². The van der Waals surface area contributed by atoms with Gasteiger partial charge in [-0.3, -0.25) is 0 Å². The highest BCUT2D eigenvalue weighted by atomic mass is 32.2. The Morgan fingerprint density at radius 3 is 2.69 bits per heavy atom. The summed E-state index contributed by atoms with van der Waals surface area (Å²) in [5, 5.41) is 12.8. The Morgan fingerprint density at radius 1 is 1.03 bits per heavy atom. The number of aromatic nitrogens is 3. The van der Waals surface area contributed by atoms with Gasteiger partial charge in [0.05, 0.1) is 12.7 Å². The predicted molar refractivity (Wildman–Crippen MR) is 127 cm³/mol. The first kappa shape index (κ1) is 20.3. The first-order valence-electron chi connectivity index (χ1n) is 10.3. The maximum absolute atomic E-state index is 12.2. The molecule has 0 aliphatic rings. The number of benzene rings is 3. The molecule has 6 nitrogen and oxygen atoms in total. The molecule has 0 spiro atoms. The molecule has 7 heteroatoms. The van der Waals surface area contributed by atoms with Gasteiger partial charge in [0, 0.05) is 23.8 Å². The van der Waals surface area contributed by atoms with Crippen LogP contribution in [0.15, 0.2) is 81.1 Å². The third kappa shape index (κ3) is 3.54. The molecular weight excluding hydrogens is 422 g/mol. The maximum atomic E-state index is 12.2. The van der Waals surface area contributed by atoms with E-state index < -0.39 is 0 Å². The molecule has 0 unspecified atom stereocenters.